The van der Waals surface area contributed by atoms with Crippen LogP contribution in [0.2, 0.25) is 0 Å². The van der Waals surface area contributed by atoms with Crippen LogP contribution in [0.5, 0.6) is 0 Å². The minimum atomic E-state index is -4.26. The number of ether oxygens (including phenoxy) is 1. The van der Waals surface area contributed by atoms with Gasteiger partial charge in [0.15, 0.2) is 0 Å². The Morgan fingerprint density at radius 1 is 0.544 bits per heavy atom. The zero-order chi connectivity index (χ0) is 42.0. The highest BCUT2D eigenvalue weighted by molar-refractivity contribution is 7.47. The van der Waals surface area contributed by atoms with Crippen LogP contribution in [0.1, 0.15) is 135 Å². The second-order valence-electron chi connectivity index (χ2n) is 15.2. The van der Waals surface area contributed by atoms with Gasteiger partial charge in [-0.2, -0.15) is 0 Å². The highest BCUT2D eigenvalue weighted by Crippen LogP contribution is 2.43. The summed E-state index contributed by atoms with van der Waals surface area (Å²) < 4.78 is 27.2. The Labute approximate surface area is 348 Å². The van der Waals surface area contributed by atoms with Crippen LogP contribution < -0.4 is 0 Å². The van der Waals surface area contributed by atoms with E-state index in [1.807, 2.05) is 21.1 Å². The average Bonchev–Trinajstić information content (AvgIpc) is 3.17. The van der Waals surface area contributed by atoms with Gasteiger partial charge in [0.1, 0.15) is 25.9 Å². The van der Waals surface area contributed by atoms with Crippen molar-refractivity contribution < 1.29 is 37.6 Å². The lowest BCUT2D eigenvalue weighted by Gasteiger charge is -2.24. The fourth-order valence-electron chi connectivity index (χ4n) is 5.18. The maximum absolute atomic E-state index is 11.9. The molecule has 2 unspecified atom stereocenters. The lowest BCUT2D eigenvalue weighted by Crippen LogP contribution is -2.37. The zero-order valence-electron chi connectivity index (χ0n) is 36.3. The number of likely N-dealkylation sites (N-methyl/N-ethyl adjacent to an activating group) is 1. The highest BCUT2D eigenvalue weighted by Gasteiger charge is 2.24. The Morgan fingerprint density at radius 2 is 0.912 bits per heavy atom. The molecular weight excluding hydrogens is 734 g/mol. The number of carbonyl (C=O) groups excluding carboxylic acids is 1. The number of aliphatic hydroxyl groups excluding tert-OH is 1. The Balaban J connectivity index is 3.58. The summed E-state index contributed by atoms with van der Waals surface area (Å²) in [6, 6.07) is 0. The van der Waals surface area contributed by atoms with Gasteiger partial charge in [-0.05, 0) is 77.0 Å². The van der Waals surface area contributed by atoms with Gasteiger partial charge in [-0.3, -0.25) is 13.8 Å². The molecule has 0 rings (SSSR count). The molecular formula is C48H81NO7P+. The fraction of sp³-hybridized carbons (Fsp3) is 0.604. The quantitative estimate of drug-likeness (QED) is 0.0210. The zero-order valence-corrected chi connectivity index (χ0v) is 37.2. The van der Waals surface area contributed by atoms with E-state index in [0.29, 0.717) is 17.4 Å². The molecule has 8 nitrogen and oxygen atoms in total. The van der Waals surface area contributed by atoms with E-state index in [0.717, 1.165) is 83.5 Å². The predicted molar refractivity (Wildman–Crippen MR) is 242 cm³/mol. The van der Waals surface area contributed by atoms with Crippen LogP contribution in [0, 0.1) is 0 Å². The smallest absolute Gasteiger partial charge is 0.463 e. The molecule has 0 amide bonds. The molecule has 0 spiro atoms. The van der Waals surface area contributed by atoms with Crippen molar-refractivity contribution in [2.45, 2.75) is 141 Å². The number of allylic oxidation sites excluding steroid dienone is 18. The fourth-order valence-corrected chi connectivity index (χ4v) is 5.93. The van der Waals surface area contributed by atoms with E-state index in [1.54, 1.807) is 0 Å². The second kappa shape index (κ2) is 40.0. The van der Waals surface area contributed by atoms with Gasteiger partial charge in [-0.1, -0.05) is 161 Å². The molecule has 2 N–H and O–H groups in total. The Hall–Kier alpha value is -2.84. The number of phosphoric ester groups is 1. The standard InChI is InChI=1S/C48H80NO7P/c1-5-6-7-8-9-10-11-12-13-14-15-16-17-18-19-20-21-22-23-24-25-26-27-28-29-30-31-32-33-34-35-36-37-38-39-40-41-42-48(51)54-45-47(50)46-56-57(52,53)55-44-43-49(2,3)4/h6-7,9-10,12-13,15-16,18-19,21-22,24-25,27-28,30-31,47,50H,5,8,11,14,17,20,23,26,29,32-46H2,1-4H3/p+1/b7-6-,10-9-,13-12-,16-15-,19-18-,22-21-,25-24-,28-27-,31-30-. The molecule has 0 bridgehead atoms. The first kappa shape index (κ1) is 54.2. The van der Waals surface area contributed by atoms with Crippen molar-refractivity contribution in [1.82, 2.24) is 0 Å². The van der Waals surface area contributed by atoms with Crippen LogP contribution in [0.4, 0.5) is 0 Å². The molecule has 0 aromatic rings. The summed E-state index contributed by atoms with van der Waals surface area (Å²) in [5, 5.41) is 9.91. The molecule has 57 heavy (non-hydrogen) atoms. The normalized spacial score (nSPS) is 14.8. The molecule has 0 aromatic carbocycles. The first-order chi connectivity index (χ1) is 27.6. The molecule has 0 aromatic heterocycles. The summed E-state index contributed by atoms with van der Waals surface area (Å²) >= 11 is 0. The van der Waals surface area contributed by atoms with E-state index >= 15 is 0 Å². The third-order valence-electron chi connectivity index (χ3n) is 8.55. The van der Waals surface area contributed by atoms with Crippen molar-refractivity contribution in [3.8, 4) is 0 Å². The number of rotatable bonds is 38. The molecule has 324 valence electrons. The summed E-state index contributed by atoms with van der Waals surface area (Å²) in [4.78, 5) is 21.6. The Kier molecular flexibility index (Phi) is 38.0. The average molecular weight is 815 g/mol. The van der Waals surface area contributed by atoms with Crippen LogP contribution in [-0.4, -0.2) is 74.1 Å². The van der Waals surface area contributed by atoms with Crippen molar-refractivity contribution in [3.05, 3.63) is 109 Å². The molecule has 0 radical (unpaired) electrons. The second-order valence-corrected chi connectivity index (χ2v) is 16.7. The lowest BCUT2D eigenvalue weighted by atomic mass is 10.1. The molecule has 2 atom stereocenters. The van der Waals surface area contributed by atoms with Crippen molar-refractivity contribution in [1.29, 1.82) is 0 Å². The number of esters is 1. The van der Waals surface area contributed by atoms with Gasteiger partial charge in [0.2, 0.25) is 0 Å². The number of hydrogen-bond donors (Lipinski definition) is 2. The molecule has 0 saturated heterocycles. The van der Waals surface area contributed by atoms with Gasteiger partial charge in [-0.15, -0.1) is 0 Å². The van der Waals surface area contributed by atoms with Crippen LogP contribution in [0.15, 0.2) is 109 Å². The number of nitrogens with zero attached hydrogens (tertiary/aromatic N) is 1. The van der Waals surface area contributed by atoms with Crippen molar-refractivity contribution >= 4 is 13.8 Å². The molecule has 9 heteroatoms. The Bertz CT molecular complexity index is 1270. The largest absolute Gasteiger partial charge is 0.472 e. The predicted octanol–water partition coefficient (Wildman–Crippen LogP) is 12.6. The third-order valence-corrected chi connectivity index (χ3v) is 9.53. The SMILES string of the molecule is CC/C=C\C/C=C\C/C=C\C/C=C\C/C=C\C/C=C\C/C=C\C/C=C\C/C=C\CCCCCCCCCCCC(=O)OCC(O)COP(=O)(O)OCC[N+](C)(C)C. The summed E-state index contributed by atoms with van der Waals surface area (Å²) in [7, 11) is 1.54. The number of phosphoric acid groups is 1. The highest BCUT2D eigenvalue weighted by atomic mass is 31.2. The summed E-state index contributed by atoms with van der Waals surface area (Å²) in [6.07, 6.45) is 59.9. The minimum absolute atomic E-state index is 0.0481. The van der Waals surface area contributed by atoms with E-state index in [4.69, 9.17) is 13.8 Å². The van der Waals surface area contributed by atoms with Crippen molar-refractivity contribution in [2.24, 2.45) is 0 Å². The molecule has 0 saturated carbocycles. The van der Waals surface area contributed by atoms with Gasteiger partial charge in [0.05, 0.1) is 27.7 Å². The van der Waals surface area contributed by atoms with Crippen LogP contribution in [0.3, 0.4) is 0 Å². The van der Waals surface area contributed by atoms with Crippen LogP contribution in [0.25, 0.3) is 0 Å². The summed E-state index contributed by atoms with van der Waals surface area (Å²) in [5.41, 5.74) is 0. The Morgan fingerprint density at radius 3 is 1.32 bits per heavy atom. The summed E-state index contributed by atoms with van der Waals surface area (Å²) in [6.45, 7) is 2.00. The molecule has 0 aliphatic carbocycles. The van der Waals surface area contributed by atoms with Crippen molar-refractivity contribution in [2.75, 3.05) is 47.5 Å². The monoisotopic (exact) mass is 815 g/mol. The number of unbranched alkanes of at least 4 members (excludes halogenated alkanes) is 9. The maximum atomic E-state index is 11.9. The molecule has 0 fully saturated rings. The van der Waals surface area contributed by atoms with Gasteiger partial charge in [-0.25, -0.2) is 4.57 Å². The lowest BCUT2D eigenvalue weighted by molar-refractivity contribution is -0.870. The van der Waals surface area contributed by atoms with Gasteiger partial charge in [0, 0.05) is 6.42 Å². The maximum Gasteiger partial charge on any atom is 0.472 e. The first-order valence-corrected chi connectivity index (χ1v) is 23.2. The molecule has 0 aliphatic heterocycles. The molecule has 0 aliphatic rings. The molecule has 0 heterocycles. The van der Waals surface area contributed by atoms with Crippen molar-refractivity contribution in [3.63, 3.8) is 0 Å². The topological polar surface area (TPSA) is 102 Å². The van der Waals surface area contributed by atoms with Crippen LogP contribution in [-0.2, 0) is 23.1 Å². The minimum Gasteiger partial charge on any atom is -0.463 e. The van der Waals surface area contributed by atoms with Gasteiger partial charge >= 0.3 is 13.8 Å². The van der Waals surface area contributed by atoms with Gasteiger partial charge < -0.3 is 19.2 Å². The van der Waals surface area contributed by atoms with E-state index in [9.17, 15) is 19.4 Å². The van der Waals surface area contributed by atoms with E-state index in [2.05, 4.69) is 116 Å². The van der Waals surface area contributed by atoms with Gasteiger partial charge in [0.25, 0.3) is 0 Å². The van der Waals surface area contributed by atoms with Crippen LogP contribution >= 0.6 is 7.82 Å². The van der Waals surface area contributed by atoms with E-state index in [1.165, 1.54) is 38.5 Å². The van der Waals surface area contributed by atoms with E-state index < -0.39 is 20.5 Å². The number of carbonyl (C=O) groups is 1. The first-order valence-electron chi connectivity index (χ1n) is 21.7. The number of aliphatic hydroxyl groups is 1. The number of hydrogen-bond acceptors (Lipinski definition) is 6. The summed E-state index contributed by atoms with van der Waals surface area (Å²) in [5.74, 6) is -0.383. The third kappa shape index (κ3) is 45.7. The van der Waals surface area contributed by atoms with E-state index in [-0.39, 0.29) is 19.2 Å². The number of quaternary nitrogens is 1.